The molecule has 1 aromatic rings. The number of esters is 1. The Labute approximate surface area is 141 Å². The lowest BCUT2D eigenvalue weighted by atomic mass is 9.89. The van der Waals surface area contributed by atoms with Crippen LogP contribution in [0.5, 0.6) is 0 Å². The average Bonchev–Trinajstić information content (AvgIpc) is 3.18. The maximum atomic E-state index is 12.5. The summed E-state index contributed by atoms with van der Waals surface area (Å²) < 4.78 is 10.3. The van der Waals surface area contributed by atoms with Crippen molar-refractivity contribution in [1.29, 1.82) is 0 Å². The van der Waals surface area contributed by atoms with E-state index in [-0.39, 0.29) is 31.0 Å². The number of nitrogens with zero attached hydrogens (tertiary/aromatic N) is 1. The number of hydrogen-bond donors (Lipinski definition) is 1. The highest BCUT2D eigenvalue weighted by Crippen LogP contribution is 2.46. The Hall–Kier alpha value is -2.08. The fourth-order valence-electron chi connectivity index (χ4n) is 4.07. The van der Waals surface area contributed by atoms with E-state index < -0.39 is 18.1 Å². The van der Waals surface area contributed by atoms with E-state index in [4.69, 9.17) is 9.47 Å². The summed E-state index contributed by atoms with van der Waals surface area (Å²) in [5.74, 6) is -0.103. The first-order valence-electron chi connectivity index (χ1n) is 8.31. The van der Waals surface area contributed by atoms with Crippen LogP contribution in [0.15, 0.2) is 30.3 Å². The van der Waals surface area contributed by atoms with Crippen molar-refractivity contribution >= 4 is 12.1 Å². The van der Waals surface area contributed by atoms with Crippen molar-refractivity contribution in [1.82, 2.24) is 4.90 Å². The number of fused-ring (bicyclic) bond motifs is 1. The molecule has 4 atom stereocenters. The summed E-state index contributed by atoms with van der Waals surface area (Å²) in [6, 6.07) is 8.81. The summed E-state index contributed by atoms with van der Waals surface area (Å²) >= 11 is 0. The number of rotatable bonds is 4. The first kappa shape index (κ1) is 16.8. The molecule has 130 valence electrons. The molecule has 2 aliphatic rings. The van der Waals surface area contributed by atoms with E-state index in [9.17, 15) is 14.7 Å². The molecule has 1 saturated carbocycles. The lowest BCUT2D eigenvalue weighted by molar-refractivity contribution is -0.146. The highest BCUT2D eigenvalue weighted by Gasteiger charge is 2.53. The second-order valence-electron chi connectivity index (χ2n) is 6.51. The SMILES string of the molecule is COC(=O)[C@@H]1[C@H]2CCC(CO)[C@H]2CN1C(=O)OCc1ccccc1. The van der Waals surface area contributed by atoms with E-state index >= 15 is 0 Å². The van der Waals surface area contributed by atoms with Crippen LogP contribution in [0.3, 0.4) is 0 Å². The monoisotopic (exact) mass is 333 g/mol. The van der Waals surface area contributed by atoms with Crippen LogP contribution < -0.4 is 0 Å². The molecule has 1 aliphatic heterocycles. The van der Waals surface area contributed by atoms with Crippen LogP contribution in [0, 0.1) is 17.8 Å². The van der Waals surface area contributed by atoms with Gasteiger partial charge in [0.1, 0.15) is 12.6 Å². The van der Waals surface area contributed by atoms with Crippen LogP contribution in [0.2, 0.25) is 0 Å². The summed E-state index contributed by atoms with van der Waals surface area (Å²) in [4.78, 5) is 26.2. The van der Waals surface area contributed by atoms with Gasteiger partial charge < -0.3 is 14.6 Å². The Bertz CT molecular complexity index is 590. The summed E-state index contributed by atoms with van der Waals surface area (Å²) in [7, 11) is 1.33. The zero-order valence-electron chi connectivity index (χ0n) is 13.8. The smallest absolute Gasteiger partial charge is 0.410 e. The second-order valence-corrected chi connectivity index (χ2v) is 6.51. The Morgan fingerprint density at radius 1 is 1.21 bits per heavy atom. The van der Waals surface area contributed by atoms with Gasteiger partial charge in [-0.05, 0) is 36.2 Å². The van der Waals surface area contributed by atoms with Crippen LogP contribution in [-0.4, -0.2) is 48.4 Å². The topological polar surface area (TPSA) is 76.1 Å². The highest BCUT2D eigenvalue weighted by molar-refractivity contribution is 5.82. The summed E-state index contributed by atoms with van der Waals surface area (Å²) in [6.45, 7) is 0.689. The van der Waals surface area contributed by atoms with Gasteiger partial charge in [0.15, 0.2) is 0 Å². The number of amides is 1. The number of benzene rings is 1. The number of likely N-dealkylation sites (tertiary alicyclic amines) is 1. The first-order chi connectivity index (χ1) is 11.7. The summed E-state index contributed by atoms with van der Waals surface area (Å²) in [5.41, 5.74) is 0.896. The number of carbonyl (C=O) groups is 2. The predicted octanol–water partition coefficient (Wildman–Crippen LogP) is 1.82. The minimum Gasteiger partial charge on any atom is -0.467 e. The van der Waals surface area contributed by atoms with Gasteiger partial charge in [0.05, 0.1) is 7.11 Å². The number of aliphatic hydroxyl groups is 1. The van der Waals surface area contributed by atoms with Crippen LogP contribution in [0.4, 0.5) is 4.79 Å². The standard InChI is InChI=1S/C18H23NO5/c1-23-17(21)16-14-8-7-13(10-20)15(14)9-19(16)18(22)24-11-12-5-3-2-4-6-12/h2-6,13-16,20H,7-11H2,1H3/t13?,14-,15+,16-/m0/s1. The van der Waals surface area contributed by atoms with E-state index in [0.29, 0.717) is 6.54 Å². The third kappa shape index (κ3) is 3.11. The lowest BCUT2D eigenvalue weighted by Gasteiger charge is -2.25. The maximum absolute atomic E-state index is 12.5. The van der Waals surface area contributed by atoms with Crippen LogP contribution in [0.25, 0.3) is 0 Å². The zero-order valence-corrected chi connectivity index (χ0v) is 13.8. The van der Waals surface area contributed by atoms with Crippen molar-refractivity contribution in [3.63, 3.8) is 0 Å². The number of ether oxygens (including phenoxy) is 2. The Morgan fingerprint density at radius 2 is 1.96 bits per heavy atom. The molecule has 0 aromatic heterocycles. The van der Waals surface area contributed by atoms with Gasteiger partial charge in [-0.1, -0.05) is 30.3 Å². The molecule has 2 fully saturated rings. The molecule has 1 unspecified atom stereocenters. The molecule has 6 heteroatoms. The third-order valence-corrected chi connectivity index (χ3v) is 5.29. The molecule has 0 bridgehead atoms. The van der Waals surface area contributed by atoms with E-state index in [1.807, 2.05) is 30.3 Å². The number of carbonyl (C=O) groups excluding carboxylic acids is 2. The fourth-order valence-corrected chi connectivity index (χ4v) is 4.07. The first-order valence-corrected chi connectivity index (χ1v) is 8.31. The molecule has 1 amide bonds. The van der Waals surface area contributed by atoms with E-state index in [2.05, 4.69) is 0 Å². The highest BCUT2D eigenvalue weighted by atomic mass is 16.6. The number of methoxy groups -OCH3 is 1. The quantitative estimate of drug-likeness (QED) is 0.851. The van der Waals surface area contributed by atoms with Crippen molar-refractivity contribution in [2.75, 3.05) is 20.3 Å². The normalized spacial score (nSPS) is 28.5. The van der Waals surface area contributed by atoms with Crippen molar-refractivity contribution in [3.8, 4) is 0 Å². The van der Waals surface area contributed by atoms with E-state index in [1.54, 1.807) is 0 Å². The Balaban J connectivity index is 1.70. The van der Waals surface area contributed by atoms with Gasteiger partial charge in [-0.2, -0.15) is 0 Å². The van der Waals surface area contributed by atoms with Gasteiger partial charge in [-0.3, -0.25) is 4.90 Å². The molecule has 1 aliphatic carbocycles. The molecule has 0 radical (unpaired) electrons. The zero-order chi connectivity index (χ0) is 17.1. The number of aliphatic hydroxyl groups excluding tert-OH is 1. The maximum Gasteiger partial charge on any atom is 0.410 e. The second kappa shape index (κ2) is 7.21. The fraction of sp³-hybridized carbons (Fsp3) is 0.556. The molecule has 3 rings (SSSR count). The van der Waals surface area contributed by atoms with Crippen LogP contribution in [-0.2, 0) is 20.9 Å². The number of hydrogen-bond acceptors (Lipinski definition) is 5. The van der Waals surface area contributed by atoms with Crippen LogP contribution >= 0.6 is 0 Å². The van der Waals surface area contributed by atoms with Gasteiger partial charge >= 0.3 is 12.1 Å². The largest absolute Gasteiger partial charge is 0.467 e. The van der Waals surface area contributed by atoms with Gasteiger partial charge in [0.25, 0.3) is 0 Å². The van der Waals surface area contributed by atoms with E-state index in [0.717, 1.165) is 18.4 Å². The molecule has 6 nitrogen and oxygen atoms in total. The van der Waals surface area contributed by atoms with Gasteiger partial charge in [0, 0.05) is 13.2 Å². The van der Waals surface area contributed by atoms with Gasteiger partial charge in [0.2, 0.25) is 0 Å². The minimum absolute atomic E-state index is 0.0406. The Morgan fingerprint density at radius 3 is 2.62 bits per heavy atom. The summed E-state index contributed by atoms with van der Waals surface area (Å²) in [6.07, 6.45) is 1.20. The van der Waals surface area contributed by atoms with Crippen molar-refractivity contribution in [2.45, 2.75) is 25.5 Å². The third-order valence-electron chi connectivity index (χ3n) is 5.29. The lowest BCUT2D eigenvalue weighted by Crippen LogP contribution is -2.44. The predicted molar refractivity (Wildman–Crippen MR) is 85.9 cm³/mol. The molecule has 1 saturated heterocycles. The Kier molecular flexibility index (Phi) is 5.04. The van der Waals surface area contributed by atoms with Gasteiger partial charge in [-0.15, -0.1) is 0 Å². The van der Waals surface area contributed by atoms with Crippen molar-refractivity contribution in [2.24, 2.45) is 17.8 Å². The average molecular weight is 333 g/mol. The molecular formula is C18H23NO5. The molecule has 1 N–H and O–H groups in total. The summed E-state index contributed by atoms with van der Waals surface area (Å²) in [5, 5.41) is 9.52. The van der Waals surface area contributed by atoms with Crippen molar-refractivity contribution in [3.05, 3.63) is 35.9 Å². The minimum atomic E-state index is -0.611. The molecular weight excluding hydrogens is 310 g/mol. The molecule has 1 heterocycles. The van der Waals surface area contributed by atoms with E-state index in [1.165, 1.54) is 12.0 Å². The van der Waals surface area contributed by atoms with Gasteiger partial charge in [-0.25, -0.2) is 9.59 Å². The molecule has 1 aromatic carbocycles. The molecule has 24 heavy (non-hydrogen) atoms. The molecule has 0 spiro atoms. The van der Waals surface area contributed by atoms with Crippen molar-refractivity contribution < 1.29 is 24.2 Å². The van der Waals surface area contributed by atoms with Crippen LogP contribution in [0.1, 0.15) is 18.4 Å².